The number of anilines is 1. The lowest BCUT2D eigenvalue weighted by Crippen LogP contribution is -2.26. The molecule has 1 aliphatic rings. The molecule has 0 saturated heterocycles. The van der Waals surface area contributed by atoms with Crippen molar-refractivity contribution < 1.29 is 9.90 Å². The predicted octanol–water partition coefficient (Wildman–Crippen LogP) is 3.16. The van der Waals surface area contributed by atoms with E-state index in [1.54, 1.807) is 0 Å². The molecule has 3 heteroatoms. The number of hydrogen-bond donors (Lipinski definition) is 1. The van der Waals surface area contributed by atoms with Gasteiger partial charge in [0.15, 0.2) is 0 Å². The number of benzene rings is 1. The number of para-hydroxylation sites is 1. The Hall–Kier alpha value is -1.51. The molecule has 0 aromatic heterocycles. The Bertz CT molecular complexity index is 373. The minimum absolute atomic E-state index is 0.284. The summed E-state index contributed by atoms with van der Waals surface area (Å²) in [7, 11) is 0. The Labute approximate surface area is 108 Å². The molecule has 1 saturated carbocycles. The van der Waals surface area contributed by atoms with Crippen LogP contribution >= 0.6 is 0 Å². The summed E-state index contributed by atoms with van der Waals surface area (Å²) in [6, 6.07) is 10.4. The average Bonchev–Trinajstić information content (AvgIpc) is 3.18. The largest absolute Gasteiger partial charge is 0.481 e. The van der Waals surface area contributed by atoms with Gasteiger partial charge in [-0.3, -0.25) is 4.79 Å². The summed E-state index contributed by atoms with van der Waals surface area (Å²) in [4.78, 5) is 12.9. The van der Waals surface area contributed by atoms with Crippen molar-refractivity contribution in [2.45, 2.75) is 32.1 Å². The van der Waals surface area contributed by atoms with Crippen LogP contribution in [-0.2, 0) is 4.79 Å². The molecule has 0 spiro atoms. The fourth-order valence-electron chi connectivity index (χ4n) is 2.16. The molecule has 1 aromatic carbocycles. The predicted molar refractivity (Wildman–Crippen MR) is 72.9 cm³/mol. The summed E-state index contributed by atoms with van der Waals surface area (Å²) in [6.45, 7) is 2.09. The first-order valence-corrected chi connectivity index (χ1v) is 6.77. The van der Waals surface area contributed by atoms with E-state index in [1.165, 1.54) is 18.5 Å². The SMILES string of the molecule is O=C(O)CCCCN(CC1CC1)c1ccccc1. The normalized spacial score (nSPS) is 14.4. The number of nitrogens with zero attached hydrogens (tertiary/aromatic N) is 1. The summed E-state index contributed by atoms with van der Waals surface area (Å²) in [6.07, 6.45) is 4.69. The summed E-state index contributed by atoms with van der Waals surface area (Å²) >= 11 is 0. The third-order valence-corrected chi connectivity index (χ3v) is 3.37. The Balaban J connectivity index is 1.83. The minimum Gasteiger partial charge on any atom is -0.481 e. The van der Waals surface area contributed by atoms with Gasteiger partial charge in [-0.05, 0) is 43.7 Å². The van der Waals surface area contributed by atoms with Crippen LogP contribution in [0.2, 0.25) is 0 Å². The summed E-state index contributed by atoms with van der Waals surface area (Å²) in [5.74, 6) is 0.160. The van der Waals surface area contributed by atoms with E-state index in [0.29, 0.717) is 0 Å². The second-order valence-corrected chi connectivity index (χ2v) is 5.08. The number of carboxylic acid groups (broad SMARTS) is 1. The van der Waals surface area contributed by atoms with Crippen molar-refractivity contribution in [3.63, 3.8) is 0 Å². The van der Waals surface area contributed by atoms with Gasteiger partial charge >= 0.3 is 5.97 Å². The molecular formula is C15H21NO2. The maximum Gasteiger partial charge on any atom is 0.303 e. The van der Waals surface area contributed by atoms with Gasteiger partial charge in [0, 0.05) is 25.2 Å². The Morgan fingerprint density at radius 2 is 1.94 bits per heavy atom. The van der Waals surface area contributed by atoms with Gasteiger partial charge in [0.2, 0.25) is 0 Å². The van der Waals surface area contributed by atoms with Crippen LogP contribution in [-0.4, -0.2) is 24.2 Å². The van der Waals surface area contributed by atoms with E-state index in [4.69, 9.17) is 5.11 Å². The maximum atomic E-state index is 10.5. The van der Waals surface area contributed by atoms with Crippen LogP contribution in [0.15, 0.2) is 30.3 Å². The van der Waals surface area contributed by atoms with Gasteiger partial charge in [-0.2, -0.15) is 0 Å². The quantitative estimate of drug-likeness (QED) is 0.717. The fraction of sp³-hybridized carbons (Fsp3) is 0.533. The Morgan fingerprint density at radius 1 is 1.22 bits per heavy atom. The van der Waals surface area contributed by atoms with E-state index in [2.05, 4.69) is 29.2 Å². The zero-order chi connectivity index (χ0) is 12.8. The highest BCUT2D eigenvalue weighted by Gasteiger charge is 2.24. The van der Waals surface area contributed by atoms with Crippen LogP contribution in [0.4, 0.5) is 5.69 Å². The topological polar surface area (TPSA) is 40.5 Å². The number of unbranched alkanes of at least 4 members (excludes halogenated alkanes) is 1. The molecule has 0 amide bonds. The number of rotatable bonds is 8. The fourth-order valence-corrected chi connectivity index (χ4v) is 2.16. The van der Waals surface area contributed by atoms with Gasteiger partial charge in [-0.25, -0.2) is 0 Å². The number of carbonyl (C=O) groups is 1. The number of aliphatic carboxylic acids is 1. The molecule has 0 heterocycles. The first-order valence-electron chi connectivity index (χ1n) is 6.77. The highest BCUT2D eigenvalue weighted by atomic mass is 16.4. The second kappa shape index (κ2) is 6.43. The average molecular weight is 247 g/mol. The van der Waals surface area contributed by atoms with E-state index in [9.17, 15) is 4.79 Å². The van der Waals surface area contributed by atoms with Crippen molar-refractivity contribution in [2.24, 2.45) is 5.92 Å². The summed E-state index contributed by atoms with van der Waals surface area (Å²) in [5, 5.41) is 8.64. The lowest BCUT2D eigenvalue weighted by Gasteiger charge is -2.24. The van der Waals surface area contributed by atoms with Crippen LogP contribution in [0.1, 0.15) is 32.1 Å². The van der Waals surface area contributed by atoms with Crippen molar-refractivity contribution in [3.05, 3.63) is 30.3 Å². The van der Waals surface area contributed by atoms with Crippen molar-refractivity contribution >= 4 is 11.7 Å². The first kappa shape index (κ1) is 12.9. The van der Waals surface area contributed by atoms with Crippen molar-refractivity contribution in [1.29, 1.82) is 0 Å². The van der Waals surface area contributed by atoms with Crippen LogP contribution in [0.5, 0.6) is 0 Å². The number of carboxylic acids is 1. The molecule has 1 aliphatic carbocycles. The monoisotopic (exact) mass is 247 g/mol. The molecular weight excluding hydrogens is 226 g/mol. The molecule has 0 atom stereocenters. The molecule has 1 aromatic rings. The smallest absolute Gasteiger partial charge is 0.303 e. The zero-order valence-corrected chi connectivity index (χ0v) is 10.7. The van der Waals surface area contributed by atoms with Crippen molar-refractivity contribution in [1.82, 2.24) is 0 Å². The van der Waals surface area contributed by atoms with E-state index >= 15 is 0 Å². The zero-order valence-electron chi connectivity index (χ0n) is 10.7. The molecule has 0 radical (unpaired) electrons. The second-order valence-electron chi connectivity index (χ2n) is 5.08. The molecule has 18 heavy (non-hydrogen) atoms. The van der Waals surface area contributed by atoms with Gasteiger partial charge in [-0.1, -0.05) is 18.2 Å². The molecule has 0 aliphatic heterocycles. The molecule has 3 nitrogen and oxygen atoms in total. The van der Waals surface area contributed by atoms with Crippen LogP contribution < -0.4 is 4.90 Å². The Morgan fingerprint density at radius 3 is 2.56 bits per heavy atom. The summed E-state index contributed by atoms with van der Waals surface area (Å²) < 4.78 is 0. The lowest BCUT2D eigenvalue weighted by atomic mass is 10.2. The lowest BCUT2D eigenvalue weighted by molar-refractivity contribution is -0.137. The highest BCUT2D eigenvalue weighted by molar-refractivity contribution is 5.66. The van der Waals surface area contributed by atoms with Crippen LogP contribution in [0.25, 0.3) is 0 Å². The van der Waals surface area contributed by atoms with Gasteiger partial charge in [0.05, 0.1) is 0 Å². The molecule has 1 N–H and O–H groups in total. The van der Waals surface area contributed by atoms with Crippen LogP contribution in [0, 0.1) is 5.92 Å². The standard InChI is InChI=1S/C15H21NO2/c17-15(18)8-4-5-11-16(12-13-9-10-13)14-6-2-1-3-7-14/h1-3,6-7,13H,4-5,8-12H2,(H,17,18). The van der Waals surface area contributed by atoms with Crippen molar-refractivity contribution in [3.8, 4) is 0 Å². The molecule has 0 bridgehead atoms. The number of hydrogen-bond acceptors (Lipinski definition) is 2. The first-order chi connectivity index (χ1) is 8.75. The molecule has 1 fully saturated rings. The van der Waals surface area contributed by atoms with Gasteiger partial charge in [0.1, 0.15) is 0 Å². The van der Waals surface area contributed by atoms with E-state index in [0.717, 1.165) is 31.8 Å². The molecule has 2 rings (SSSR count). The molecule has 98 valence electrons. The van der Waals surface area contributed by atoms with Crippen molar-refractivity contribution in [2.75, 3.05) is 18.0 Å². The van der Waals surface area contributed by atoms with Gasteiger partial charge < -0.3 is 10.0 Å². The summed E-state index contributed by atoms with van der Waals surface area (Å²) in [5.41, 5.74) is 1.26. The maximum absolute atomic E-state index is 10.5. The van der Waals surface area contributed by atoms with Gasteiger partial charge in [0.25, 0.3) is 0 Å². The minimum atomic E-state index is -0.691. The highest BCUT2D eigenvalue weighted by Crippen LogP contribution is 2.31. The third-order valence-electron chi connectivity index (χ3n) is 3.37. The Kier molecular flexibility index (Phi) is 4.62. The molecule has 0 unspecified atom stereocenters. The van der Waals surface area contributed by atoms with Crippen LogP contribution in [0.3, 0.4) is 0 Å². The van der Waals surface area contributed by atoms with Gasteiger partial charge in [-0.15, -0.1) is 0 Å². The van der Waals surface area contributed by atoms with E-state index in [-0.39, 0.29) is 6.42 Å². The van der Waals surface area contributed by atoms with E-state index in [1.807, 2.05) is 6.07 Å². The third kappa shape index (κ3) is 4.40. The van der Waals surface area contributed by atoms with E-state index < -0.39 is 5.97 Å².